The number of nitrogens with one attached hydrogen (secondary N) is 1. The summed E-state index contributed by atoms with van der Waals surface area (Å²) in [6.45, 7) is 8.02. The number of halogens is 1. The Bertz CT molecular complexity index is 1120. The van der Waals surface area contributed by atoms with Crippen molar-refractivity contribution in [2.75, 3.05) is 23.3 Å². The largest absolute Gasteiger partial charge is 0.371 e. The Morgan fingerprint density at radius 1 is 1.22 bits per heavy atom. The first-order valence-electron chi connectivity index (χ1n) is 10.9. The summed E-state index contributed by atoms with van der Waals surface area (Å²) in [6, 6.07) is 16.0. The molecule has 0 radical (unpaired) electrons. The zero-order chi connectivity index (χ0) is 22.5. The zero-order valence-corrected chi connectivity index (χ0v) is 19.0. The Hall–Kier alpha value is -3.18. The molecule has 1 N–H and O–H groups in total. The van der Waals surface area contributed by atoms with E-state index in [4.69, 9.17) is 11.6 Å². The van der Waals surface area contributed by atoms with Gasteiger partial charge in [0.05, 0.1) is 16.9 Å². The van der Waals surface area contributed by atoms with Crippen molar-refractivity contribution in [1.82, 2.24) is 9.97 Å². The number of nitrogens with zero attached hydrogens (tertiary/aromatic N) is 3. The predicted octanol–water partition coefficient (Wildman–Crippen LogP) is 6.07. The summed E-state index contributed by atoms with van der Waals surface area (Å²) in [7, 11) is 0. The highest BCUT2D eigenvalue weighted by Crippen LogP contribution is 2.29. The van der Waals surface area contributed by atoms with Crippen LogP contribution in [0.1, 0.15) is 25.3 Å². The molecular formula is C26H27ClN4O. The first-order chi connectivity index (χ1) is 15.5. The van der Waals surface area contributed by atoms with Crippen LogP contribution in [0, 0.1) is 5.92 Å². The van der Waals surface area contributed by atoms with Gasteiger partial charge in [-0.05, 0) is 54.7 Å². The van der Waals surface area contributed by atoms with E-state index in [1.54, 1.807) is 6.20 Å². The lowest BCUT2D eigenvalue weighted by atomic mass is 9.99. The smallest absolute Gasteiger partial charge is 0.227 e. The van der Waals surface area contributed by atoms with Crippen LogP contribution in [0.2, 0.25) is 5.02 Å². The molecule has 32 heavy (non-hydrogen) atoms. The number of piperidine rings is 1. The molecule has 1 saturated heterocycles. The molecule has 0 saturated carbocycles. The highest BCUT2D eigenvalue weighted by molar-refractivity contribution is 6.32. The summed E-state index contributed by atoms with van der Waals surface area (Å²) in [6.07, 6.45) is 5.68. The lowest BCUT2D eigenvalue weighted by molar-refractivity contribution is -0.114. The fourth-order valence-corrected chi connectivity index (χ4v) is 4.11. The van der Waals surface area contributed by atoms with Crippen molar-refractivity contribution >= 4 is 34.7 Å². The Balaban J connectivity index is 1.55. The Labute approximate surface area is 194 Å². The molecule has 0 aliphatic carbocycles. The van der Waals surface area contributed by atoms with Crippen molar-refractivity contribution in [2.45, 2.75) is 26.2 Å². The van der Waals surface area contributed by atoms with Gasteiger partial charge in [-0.2, -0.15) is 0 Å². The molecule has 0 bridgehead atoms. The van der Waals surface area contributed by atoms with Crippen molar-refractivity contribution in [1.29, 1.82) is 0 Å². The minimum Gasteiger partial charge on any atom is -0.371 e. The molecular weight excluding hydrogens is 420 g/mol. The van der Waals surface area contributed by atoms with E-state index in [9.17, 15) is 4.79 Å². The second-order valence-corrected chi connectivity index (χ2v) is 8.69. The molecule has 0 unspecified atom stereocenters. The van der Waals surface area contributed by atoms with Crippen LogP contribution in [0.5, 0.6) is 0 Å². The molecule has 1 fully saturated rings. The van der Waals surface area contributed by atoms with Crippen LogP contribution in [0.25, 0.3) is 11.3 Å². The lowest BCUT2D eigenvalue weighted by Crippen LogP contribution is -2.32. The molecule has 0 spiro atoms. The molecule has 5 nitrogen and oxygen atoms in total. The number of carbonyl (C=O) groups excluding carboxylic acids is 1. The topological polar surface area (TPSA) is 58.1 Å². The normalized spacial score (nSPS) is 14.2. The molecule has 1 aliphatic heterocycles. The van der Waals surface area contributed by atoms with Crippen molar-refractivity contribution in [3.05, 3.63) is 78.0 Å². The van der Waals surface area contributed by atoms with Gasteiger partial charge >= 0.3 is 0 Å². The molecule has 0 atom stereocenters. The molecule has 2 heterocycles. The van der Waals surface area contributed by atoms with E-state index in [1.165, 1.54) is 24.6 Å². The van der Waals surface area contributed by atoms with Crippen LogP contribution in [0.3, 0.4) is 0 Å². The lowest BCUT2D eigenvalue weighted by Gasteiger charge is -2.32. The van der Waals surface area contributed by atoms with Gasteiger partial charge in [-0.25, -0.2) is 9.97 Å². The Kier molecular flexibility index (Phi) is 6.86. The van der Waals surface area contributed by atoms with E-state index < -0.39 is 0 Å². The monoisotopic (exact) mass is 446 g/mol. The third-order valence-corrected chi connectivity index (χ3v) is 6.08. The minimum atomic E-state index is -0.0265. The summed E-state index contributed by atoms with van der Waals surface area (Å²) >= 11 is 6.42. The molecule has 1 aliphatic rings. The number of ketones is 1. The maximum absolute atomic E-state index is 11.7. The zero-order valence-electron chi connectivity index (χ0n) is 18.2. The van der Waals surface area contributed by atoms with Crippen LogP contribution in [-0.2, 0) is 11.2 Å². The van der Waals surface area contributed by atoms with Crippen LogP contribution >= 0.6 is 11.6 Å². The van der Waals surface area contributed by atoms with Gasteiger partial charge in [-0.15, -0.1) is 0 Å². The molecule has 1 aromatic heterocycles. The van der Waals surface area contributed by atoms with Gasteiger partial charge in [0.2, 0.25) is 5.95 Å². The molecule has 164 valence electrons. The summed E-state index contributed by atoms with van der Waals surface area (Å²) in [4.78, 5) is 23.2. The second-order valence-electron chi connectivity index (χ2n) is 8.28. The first-order valence-corrected chi connectivity index (χ1v) is 11.3. The summed E-state index contributed by atoms with van der Waals surface area (Å²) in [5, 5.41) is 3.77. The van der Waals surface area contributed by atoms with Crippen LogP contribution < -0.4 is 10.2 Å². The van der Waals surface area contributed by atoms with Crippen molar-refractivity contribution < 1.29 is 4.79 Å². The Morgan fingerprint density at radius 2 is 2.00 bits per heavy atom. The van der Waals surface area contributed by atoms with Gasteiger partial charge in [0.15, 0.2) is 5.78 Å². The van der Waals surface area contributed by atoms with E-state index >= 15 is 0 Å². The number of aromatic nitrogens is 2. The third-order valence-electron chi connectivity index (χ3n) is 5.80. The van der Waals surface area contributed by atoms with Crippen molar-refractivity contribution in [2.24, 2.45) is 5.92 Å². The maximum atomic E-state index is 11.7. The van der Waals surface area contributed by atoms with E-state index in [1.807, 2.05) is 36.4 Å². The fraction of sp³-hybridized carbons (Fsp3) is 0.269. The standard InChI is InChI=1S/C26H27ClN4O/c1-3-23(32)15-19-6-4-7-20(14-19)25-24(27)17-28-26(30-25)29-21-8-5-9-22(16-21)31-12-10-18(2)11-13-31/h3-9,14,16-18H,1,10-13,15H2,2H3,(H,28,29,30). The van der Waals surface area contributed by atoms with Gasteiger partial charge in [0.25, 0.3) is 0 Å². The van der Waals surface area contributed by atoms with Crippen LogP contribution in [0.15, 0.2) is 67.4 Å². The van der Waals surface area contributed by atoms with Crippen LogP contribution in [-0.4, -0.2) is 28.8 Å². The summed E-state index contributed by atoms with van der Waals surface area (Å²) in [5.74, 6) is 1.24. The van der Waals surface area contributed by atoms with E-state index in [2.05, 4.69) is 45.8 Å². The van der Waals surface area contributed by atoms with Gasteiger partial charge in [-0.1, -0.05) is 49.4 Å². The van der Waals surface area contributed by atoms with Crippen LogP contribution in [0.4, 0.5) is 17.3 Å². The first kappa shape index (κ1) is 22.0. The third kappa shape index (κ3) is 5.35. The van der Waals surface area contributed by atoms with E-state index in [0.717, 1.165) is 35.8 Å². The number of hydrogen-bond acceptors (Lipinski definition) is 5. The highest BCUT2D eigenvalue weighted by atomic mass is 35.5. The van der Waals surface area contributed by atoms with Crippen molar-refractivity contribution in [3.63, 3.8) is 0 Å². The number of benzene rings is 2. The molecule has 3 aromatic rings. The predicted molar refractivity (Wildman–Crippen MR) is 132 cm³/mol. The number of hydrogen-bond donors (Lipinski definition) is 1. The van der Waals surface area contributed by atoms with E-state index in [-0.39, 0.29) is 5.78 Å². The average Bonchev–Trinajstić information content (AvgIpc) is 2.81. The quantitative estimate of drug-likeness (QED) is 0.446. The SMILES string of the molecule is C=CC(=O)Cc1cccc(-c2nc(Nc3cccc(N4CCC(C)CC4)c3)ncc2Cl)c1. The number of allylic oxidation sites excluding steroid dienone is 1. The van der Waals surface area contributed by atoms with E-state index in [0.29, 0.717) is 23.1 Å². The van der Waals surface area contributed by atoms with Gasteiger partial charge < -0.3 is 10.2 Å². The minimum absolute atomic E-state index is 0.0265. The average molecular weight is 447 g/mol. The second kappa shape index (κ2) is 9.96. The highest BCUT2D eigenvalue weighted by Gasteiger charge is 2.16. The Morgan fingerprint density at radius 3 is 2.78 bits per heavy atom. The fourth-order valence-electron chi connectivity index (χ4n) is 3.91. The molecule has 0 amide bonds. The van der Waals surface area contributed by atoms with Gasteiger partial charge in [0, 0.05) is 36.4 Å². The summed E-state index contributed by atoms with van der Waals surface area (Å²) in [5.41, 5.74) is 4.49. The molecule has 2 aromatic carbocycles. The van der Waals surface area contributed by atoms with Gasteiger partial charge in [-0.3, -0.25) is 4.79 Å². The summed E-state index contributed by atoms with van der Waals surface area (Å²) < 4.78 is 0. The van der Waals surface area contributed by atoms with Gasteiger partial charge in [0.1, 0.15) is 0 Å². The maximum Gasteiger partial charge on any atom is 0.227 e. The number of carbonyl (C=O) groups is 1. The molecule has 6 heteroatoms. The number of rotatable bonds is 7. The molecule has 4 rings (SSSR count). The number of anilines is 3. The van der Waals surface area contributed by atoms with Crippen molar-refractivity contribution in [3.8, 4) is 11.3 Å².